The third-order valence-corrected chi connectivity index (χ3v) is 3.67. The summed E-state index contributed by atoms with van der Waals surface area (Å²) in [6.07, 6.45) is 2.20. The standard InChI is InChI=1S/C17H23NO3/c1-18(16-7-11-20-12-8-16)9-13-21-17-6-2-4-15(14-17)5-3-10-19/h2,4,6,14,16,19H,7-13H2,1H3. The van der Waals surface area contributed by atoms with Crippen LogP contribution >= 0.6 is 0 Å². The number of aliphatic hydroxyl groups is 1. The van der Waals surface area contributed by atoms with Gasteiger partial charge in [-0.15, -0.1) is 0 Å². The van der Waals surface area contributed by atoms with E-state index in [9.17, 15) is 0 Å². The fraction of sp³-hybridized carbons (Fsp3) is 0.529. The van der Waals surface area contributed by atoms with Crippen molar-refractivity contribution in [2.45, 2.75) is 18.9 Å². The maximum atomic E-state index is 8.70. The third kappa shape index (κ3) is 5.39. The molecule has 114 valence electrons. The molecule has 1 aromatic carbocycles. The average Bonchev–Trinajstić information content (AvgIpc) is 2.54. The van der Waals surface area contributed by atoms with Crippen molar-refractivity contribution in [1.82, 2.24) is 4.90 Å². The molecule has 1 aliphatic heterocycles. The van der Waals surface area contributed by atoms with Gasteiger partial charge in [0.25, 0.3) is 0 Å². The van der Waals surface area contributed by atoms with Gasteiger partial charge < -0.3 is 14.6 Å². The van der Waals surface area contributed by atoms with E-state index in [1.54, 1.807) is 0 Å². The molecule has 0 bridgehead atoms. The van der Waals surface area contributed by atoms with E-state index in [2.05, 4.69) is 23.8 Å². The molecule has 1 heterocycles. The second-order valence-corrected chi connectivity index (χ2v) is 5.16. The molecule has 4 nitrogen and oxygen atoms in total. The molecule has 4 heteroatoms. The van der Waals surface area contributed by atoms with Crippen molar-refractivity contribution in [1.29, 1.82) is 0 Å². The molecule has 0 saturated carbocycles. The summed E-state index contributed by atoms with van der Waals surface area (Å²) in [4.78, 5) is 2.35. The Kier molecular flexibility index (Phi) is 6.55. The van der Waals surface area contributed by atoms with E-state index in [1.165, 1.54) is 0 Å². The fourth-order valence-corrected chi connectivity index (χ4v) is 2.42. The Morgan fingerprint density at radius 1 is 1.38 bits per heavy atom. The lowest BCUT2D eigenvalue weighted by Gasteiger charge is -2.31. The zero-order valence-electron chi connectivity index (χ0n) is 12.5. The highest BCUT2D eigenvalue weighted by atomic mass is 16.5. The molecule has 0 atom stereocenters. The van der Waals surface area contributed by atoms with E-state index in [4.69, 9.17) is 14.6 Å². The third-order valence-electron chi connectivity index (χ3n) is 3.67. The van der Waals surface area contributed by atoms with Gasteiger partial charge in [-0.3, -0.25) is 4.90 Å². The van der Waals surface area contributed by atoms with Crippen LogP contribution in [0.2, 0.25) is 0 Å². The number of ether oxygens (including phenoxy) is 2. The first-order valence-corrected chi connectivity index (χ1v) is 7.40. The zero-order chi connectivity index (χ0) is 14.9. The van der Waals surface area contributed by atoms with E-state index in [1.807, 2.05) is 24.3 Å². The maximum absolute atomic E-state index is 8.70. The molecule has 1 N–H and O–H groups in total. The van der Waals surface area contributed by atoms with Crippen LogP contribution in [0.5, 0.6) is 5.75 Å². The SMILES string of the molecule is CN(CCOc1cccc(C#CCO)c1)C1CCOCC1. The lowest BCUT2D eigenvalue weighted by Crippen LogP contribution is -2.38. The molecule has 1 aromatic rings. The molecule has 0 unspecified atom stereocenters. The van der Waals surface area contributed by atoms with Crippen molar-refractivity contribution in [2.24, 2.45) is 0 Å². The van der Waals surface area contributed by atoms with Crippen molar-refractivity contribution >= 4 is 0 Å². The number of rotatable bonds is 5. The van der Waals surface area contributed by atoms with Crippen LogP contribution in [0.4, 0.5) is 0 Å². The topological polar surface area (TPSA) is 41.9 Å². The minimum Gasteiger partial charge on any atom is -0.492 e. The summed E-state index contributed by atoms with van der Waals surface area (Å²) >= 11 is 0. The number of hydrogen-bond acceptors (Lipinski definition) is 4. The van der Waals surface area contributed by atoms with Gasteiger partial charge in [-0.1, -0.05) is 17.9 Å². The summed E-state index contributed by atoms with van der Waals surface area (Å²) in [7, 11) is 2.14. The molecule has 2 rings (SSSR count). The Morgan fingerprint density at radius 3 is 2.95 bits per heavy atom. The Hall–Kier alpha value is -1.54. The Morgan fingerprint density at radius 2 is 2.19 bits per heavy atom. The summed E-state index contributed by atoms with van der Waals surface area (Å²) in [5.41, 5.74) is 0.860. The van der Waals surface area contributed by atoms with E-state index >= 15 is 0 Å². The summed E-state index contributed by atoms with van der Waals surface area (Å²) in [5.74, 6) is 6.34. The normalized spacial score (nSPS) is 15.6. The first kappa shape index (κ1) is 15.8. The molecule has 0 aliphatic carbocycles. The molecule has 0 aromatic heterocycles. The van der Waals surface area contributed by atoms with Crippen LogP contribution in [0.25, 0.3) is 0 Å². The van der Waals surface area contributed by atoms with Gasteiger partial charge in [0, 0.05) is 31.4 Å². The lowest BCUT2D eigenvalue weighted by molar-refractivity contribution is 0.0392. The summed E-state index contributed by atoms with van der Waals surface area (Å²) in [5, 5.41) is 8.70. The smallest absolute Gasteiger partial charge is 0.120 e. The Bertz CT molecular complexity index is 486. The van der Waals surface area contributed by atoms with Crippen LogP contribution in [-0.4, -0.2) is 56.1 Å². The number of nitrogens with zero attached hydrogens (tertiary/aromatic N) is 1. The van der Waals surface area contributed by atoms with Crippen molar-refractivity contribution in [3.63, 3.8) is 0 Å². The average molecular weight is 289 g/mol. The van der Waals surface area contributed by atoms with E-state index < -0.39 is 0 Å². The monoisotopic (exact) mass is 289 g/mol. The van der Waals surface area contributed by atoms with Crippen LogP contribution in [-0.2, 0) is 4.74 Å². The molecule has 1 fully saturated rings. The van der Waals surface area contributed by atoms with Crippen LogP contribution in [0.15, 0.2) is 24.3 Å². The van der Waals surface area contributed by atoms with Crippen LogP contribution in [0.1, 0.15) is 18.4 Å². The first-order chi connectivity index (χ1) is 10.3. The van der Waals surface area contributed by atoms with Gasteiger partial charge in [-0.05, 0) is 38.1 Å². The largest absolute Gasteiger partial charge is 0.492 e. The predicted octanol–water partition coefficient (Wildman–Crippen LogP) is 1.52. The van der Waals surface area contributed by atoms with Gasteiger partial charge in [0.05, 0.1) is 0 Å². The first-order valence-electron chi connectivity index (χ1n) is 7.40. The highest BCUT2D eigenvalue weighted by Crippen LogP contribution is 2.14. The van der Waals surface area contributed by atoms with Gasteiger partial charge in [-0.2, -0.15) is 0 Å². The summed E-state index contributed by atoms with van der Waals surface area (Å²) in [6, 6.07) is 8.25. The molecule has 0 spiro atoms. The van der Waals surface area contributed by atoms with Crippen LogP contribution in [0, 0.1) is 11.8 Å². The zero-order valence-corrected chi connectivity index (χ0v) is 12.5. The quantitative estimate of drug-likeness (QED) is 0.835. The molecule has 1 saturated heterocycles. The number of benzene rings is 1. The van der Waals surface area contributed by atoms with Crippen molar-refractivity contribution in [3.8, 4) is 17.6 Å². The fourth-order valence-electron chi connectivity index (χ4n) is 2.42. The predicted molar refractivity (Wildman–Crippen MR) is 82.4 cm³/mol. The number of aliphatic hydroxyl groups excluding tert-OH is 1. The van der Waals surface area contributed by atoms with Gasteiger partial charge in [-0.25, -0.2) is 0 Å². The lowest BCUT2D eigenvalue weighted by atomic mass is 10.1. The molecule has 1 aliphatic rings. The van der Waals surface area contributed by atoms with E-state index in [0.29, 0.717) is 12.6 Å². The maximum Gasteiger partial charge on any atom is 0.120 e. The minimum absolute atomic E-state index is 0.124. The van der Waals surface area contributed by atoms with E-state index in [0.717, 1.165) is 43.9 Å². The molecule has 21 heavy (non-hydrogen) atoms. The van der Waals surface area contributed by atoms with Crippen molar-refractivity contribution < 1.29 is 14.6 Å². The molecule has 0 radical (unpaired) electrons. The number of hydrogen-bond donors (Lipinski definition) is 1. The van der Waals surface area contributed by atoms with Crippen LogP contribution in [0.3, 0.4) is 0 Å². The Balaban J connectivity index is 1.77. The summed E-state index contributed by atoms with van der Waals surface area (Å²) < 4.78 is 11.2. The second kappa shape index (κ2) is 8.68. The van der Waals surface area contributed by atoms with Gasteiger partial charge >= 0.3 is 0 Å². The Labute approximate surface area is 126 Å². The number of likely N-dealkylation sites (N-methyl/N-ethyl adjacent to an activating group) is 1. The van der Waals surface area contributed by atoms with Gasteiger partial charge in [0.1, 0.15) is 19.0 Å². The van der Waals surface area contributed by atoms with E-state index in [-0.39, 0.29) is 6.61 Å². The molecular formula is C17H23NO3. The minimum atomic E-state index is -0.124. The van der Waals surface area contributed by atoms with Gasteiger partial charge in [0.2, 0.25) is 0 Å². The van der Waals surface area contributed by atoms with Gasteiger partial charge in [0.15, 0.2) is 0 Å². The molecular weight excluding hydrogens is 266 g/mol. The highest BCUT2D eigenvalue weighted by molar-refractivity contribution is 5.39. The highest BCUT2D eigenvalue weighted by Gasteiger charge is 2.17. The van der Waals surface area contributed by atoms with Crippen LogP contribution < -0.4 is 4.74 Å². The van der Waals surface area contributed by atoms with Crippen molar-refractivity contribution in [3.05, 3.63) is 29.8 Å². The second-order valence-electron chi connectivity index (χ2n) is 5.16. The molecule has 0 amide bonds. The van der Waals surface area contributed by atoms with Crippen molar-refractivity contribution in [2.75, 3.05) is 40.0 Å². The summed E-state index contributed by atoms with van der Waals surface area (Å²) in [6.45, 7) is 3.16.